The van der Waals surface area contributed by atoms with Gasteiger partial charge in [0.1, 0.15) is 0 Å². The van der Waals surface area contributed by atoms with Gasteiger partial charge in [0.15, 0.2) is 0 Å². The minimum atomic E-state index is -0.578. The molecular formula is C28H30ClN3O3. The number of nitrogens with one attached hydrogen (secondary N) is 2. The summed E-state index contributed by atoms with van der Waals surface area (Å²) in [5.74, 6) is -0.853. The van der Waals surface area contributed by atoms with Crippen molar-refractivity contribution in [3.8, 4) is 0 Å². The highest BCUT2D eigenvalue weighted by molar-refractivity contribution is 6.33. The predicted octanol–water partition coefficient (Wildman–Crippen LogP) is 5.39. The number of halogens is 1. The lowest BCUT2D eigenvalue weighted by molar-refractivity contribution is -0.135. The first-order valence-electron chi connectivity index (χ1n) is 11.6. The van der Waals surface area contributed by atoms with Crippen LogP contribution in [0.4, 0.5) is 5.69 Å². The minimum Gasteiger partial charge on any atom is -0.345 e. The first-order chi connectivity index (χ1) is 16.9. The van der Waals surface area contributed by atoms with E-state index in [9.17, 15) is 14.4 Å². The monoisotopic (exact) mass is 491 g/mol. The van der Waals surface area contributed by atoms with Crippen molar-refractivity contribution in [2.75, 3.05) is 18.4 Å². The molecular weight excluding hydrogens is 462 g/mol. The van der Waals surface area contributed by atoms with Crippen molar-refractivity contribution < 1.29 is 14.4 Å². The Labute approximate surface area is 211 Å². The van der Waals surface area contributed by atoms with Gasteiger partial charge < -0.3 is 15.5 Å². The molecule has 0 saturated heterocycles. The number of hydrogen-bond donors (Lipinski definition) is 2. The molecule has 3 aromatic rings. The van der Waals surface area contributed by atoms with E-state index in [1.807, 2.05) is 68.4 Å². The summed E-state index contributed by atoms with van der Waals surface area (Å²) in [6.07, 6.45) is 0.712. The molecule has 0 saturated carbocycles. The Kier molecular flexibility index (Phi) is 9.44. The molecule has 0 radical (unpaired) electrons. The predicted molar refractivity (Wildman–Crippen MR) is 139 cm³/mol. The van der Waals surface area contributed by atoms with Gasteiger partial charge in [0.2, 0.25) is 11.8 Å². The van der Waals surface area contributed by atoms with Gasteiger partial charge in [-0.05, 0) is 42.7 Å². The van der Waals surface area contributed by atoms with E-state index in [4.69, 9.17) is 11.6 Å². The molecule has 2 N–H and O–H groups in total. The Morgan fingerprint density at radius 3 is 2.26 bits per heavy atom. The molecule has 6 nitrogen and oxygen atoms in total. The van der Waals surface area contributed by atoms with Crippen molar-refractivity contribution >= 4 is 35.0 Å². The number of anilines is 1. The Bertz CT molecular complexity index is 1170. The third-order valence-corrected chi connectivity index (χ3v) is 5.93. The maximum absolute atomic E-state index is 13.3. The van der Waals surface area contributed by atoms with Crippen LogP contribution in [0.15, 0.2) is 78.9 Å². The van der Waals surface area contributed by atoms with Crippen molar-refractivity contribution in [2.45, 2.75) is 32.7 Å². The van der Waals surface area contributed by atoms with Gasteiger partial charge in [0.05, 0.1) is 29.6 Å². The summed E-state index contributed by atoms with van der Waals surface area (Å²) in [5, 5.41) is 6.17. The Morgan fingerprint density at radius 1 is 0.914 bits per heavy atom. The Morgan fingerprint density at radius 2 is 1.57 bits per heavy atom. The molecule has 0 heterocycles. The molecule has 0 bridgehead atoms. The van der Waals surface area contributed by atoms with Gasteiger partial charge in [-0.25, -0.2) is 0 Å². The fraction of sp³-hybridized carbons (Fsp3) is 0.250. The van der Waals surface area contributed by atoms with E-state index < -0.39 is 6.04 Å². The normalized spacial score (nSPS) is 11.4. The molecule has 1 unspecified atom stereocenters. The van der Waals surface area contributed by atoms with Gasteiger partial charge >= 0.3 is 0 Å². The molecule has 35 heavy (non-hydrogen) atoms. The van der Waals surface area contributed by atoms with E-state index in [0.29, 0.717) is 23.6 Å². The number of carbonyl (C=O) groups excluding carboxylic acids is 3. The number of benzene rings is 3. The van der Waals surface area contributed by atoms with Crippen molar-refractivity contribution in [1.29, 1.82) is 0 Å². The standard InChI is InChI=1S/C28H30ClN3O3/c1-3-17-32(19-26(33)30-24-16-10-7-11-20(24)2)27(34)18-25(21-12-5-4-6-13-21)31-28(35)22-14-8-9-15-23(22)29/h4-16,25H,3,17-19H2,1-2H3,(H,30,33)(H,31,35). The van der Waals surface area contributed by atoms with Crippen molar-refractivity contribution in [2.24, 2.45) is 0 Å². The second-order valence-electron chi connectivity index (χ2n) is 8.30. The van der Waals surface area contributed by atoms with Crippen molar-refractivity contribution in [1.82, 2.24) is 10.2 Å². The summed E-state index contributed by atoms with van der Waals surface area (Å²) in [7, 11) is 0. The zero-order valence-corrected chi connectivity index (χ0v) is 20.7. The number of para-hydroxylation sites is 1. The van der Waals surface area contributed by atoms with E-state index in [1.54, 1.807) is 24.3 Å². The summed E-state index contributed by atoms with van der Waals surface area (Å²) in [5.41, 5.74) is 2.80. The summed E-state index contributed by atoms with van der Waals surface area (Å²) >= 11 is 6.20. The minimum absolute atomic E-state index is 0.0118. The number of carbonyl (C=O) groups is 3. The quantitative estimate of drug-likeness (QED) is 0.399. The fourth-order valence-corrected chi connectivity index (χ4v) is 3.98. The number of hydrogen-bond acceptors (Lipinski definition) is 3. The maximum atomic E-state index is 13.3. The van der Waals surface area contributed by atoms with Gasteiger partial charge in [0, 0.05) is 12.2 Å². The fourth-order valence-electron chi connectivity index (χ4n) is 3.76. The zero-order valence-electron chi connectivity index (χ0n) is 20.0. The number of amides is 3. The van der Waals surface area contributed by atoms with Crippen LogP contribution in [0.3, 0.4) is 0 Å². The molecule has 7 heteroatoms. The number of aryl methyl sites for hydroxylation is 1. The third-order valence-electron chi connectivity index (χ3n) is 5.60. The molecule has 0 aliphatic rings. The summed E-state index contributed by atoms with van der Waals surface area (Å²) < 4.78 is 0. The van der Waals surface area contributed by atoms with Crippen LogP contribution in [-0.2, 0) is 9.59 Å². The highest BCUT2D eigenvalue weighted by atomic mass is 35.5. The van der Waals surface area contributed by atoms with Gasteiger partial charge in [0.25, 0.3) is 5.91 Å². The lowest BCUT2D eigenvalue weighted by Gasteiger charge is -2.26. The van der Waals surface area contributed by atoms with Crippen molar-refractivity contribution in [3.63, 3.8) is 0 Å². The van der Waals surface area contributed by atoms with E-state index in [0.717, 1.165) is 16.8 Å². The molecule has 0 aliphatic carbocycles. The molecule has 0 aromatic heterocycles. The number of rotatable bonds is 10. The van der Waals surface area contributed by atoms with Crippen LogP contribution in [0.1, 0.15) is 47.3 Å². The molecule has 0 spiro atoms. The summed E-state index contributed by atoms with van der Waals surface area (Å²) in [6.45, 7) is 4.23. The molecule has 0 fully saturated rings. The molecule has 3 rings (SSSR count). The topological polar surface area (TPSA) is 78.5 Å². The van der Waals surface area contributed by atoms with E-state index >= 15 is 0 Å². The van der Waals surface area contributed by atoms with Crippen LogP contribution in [-0.4, -0.2) is 35.7 Å². The van der Waals surface area contributed by atoms with E-state index in [2.05, 4.69) is 10.6 Å². The highest BCUT2D eigenvalue weighted by Crippen LogP contribution is 2.21. The average molecular weight is 492 g/mol. The van der Waals surface area contributed by atoms with Crippen LogP contribution >= 0.6 is 11.6 Å². The molecule has 182 valence electrons. The van der Waals surface area contributed by atoms with Gasteiger partial charge in [-0.3, -0.25) is 14.4 Å². The number of nitrogens with zero attached hydrogens (tertiary/aromatic N) is 1. The average Bonchev–Trinajstić information content (AvgIpc) is 2.85. The second-order valence-corrected chi connectivity index (χ2v) is 8.71. The lowest BCUT2D eigenvalue weighted by atomic mass is 10.0. The SMILES string of the molecule is CCCN(CC(=O)Nc1ccccc1C)C(=O)CC(NC(=O)c1ccccc1Cl)c1ccccc1. The van der Waals surface area contributed by atoms with Crippen molar-refractivity contribution in [3.05, 3.63) is 101 Å². The first-order valence-corrected chi connectivity index (χ1v) is 12.0. The van der Waals surface area contributed by atoms with Gasteiger partial charge in [-0.2, -0.15) is 0 Å². The summed E-state index contributed by atoms with van der Waals surface area (Å²) in [4.78, 5) is 40.5. The van der Waals surface area contributed by atoms with Gasteiger partial charge in [-0.15, -0.1) is 0 Å². The third kappa shape index (κ3) is 7.42. The molecule has 0 aliphatic heterocycles. The van der Waals surface area contributed by atoms with Gasteiger partial charge in [-0.1, -0.05) is 79.2 Å². The summed E-state index contributed by atoms with van der Waals surface area (Å²) in [6, 6.07) is 23.0. The second kappa shape index (κ2) is 12.7. The Hall–Kier alpha value is -3.64. The van der Waals surface area contributed by atoms with Crippen LogP contribution in [0.2, 0.25) is 5.02 Å². The molecule has 3 aromatic carbocycles. The first kappa shape index (κ1) is 26.0. The van der Waals surface area contributed by atoms with Crippen LogP contribution in [0, 0.1) is 6.92 Å². The Balaban J connectivity index is 1.74. The van der Waals surface area contributed by atoms with Crippen LogP contribution < -0.4 is 10.6 Å². The van der Waals surface area contributed by atoms with E-state index in [-0.39, 0.29) is 30.7 Å². The molecule has 3 amide bonds. The van der Waals surface area contributed by atoms with Crippen LogP contribution in [0.25, 0.3) is 0 Å². The molecule has 1 atom stereocenters. The zero-order chi connectivity index (χ0) is 25.2. The lowest BCUT2D eigenvalue weighted by Crippen LogP contribution is -2.41. The maximum Gasteiger partial charge on any atom is 0.253 e. The van der Waals surface area contributed by atoms with E-state index in [1.165, 1.54) is 4.90 Å². The van der Waals surface area contributed by atoms with Crippen LogP contribution in [0.5, 0.6) is 0 Å². The smallest absolute Gasteiger partial charge is 0.253 e. The largest absolute Gasteiger partial charge is 0.345 e. The highest BCUT2D eigenvalue weighted by Gasteiger charge is 2.24.